The van der Waals surface area contributed by atoms with Crippen LogP contribution in [0.25, 0.3) is 0 Å². The Hall–Kier alpha value is -1.52. The van der Waals surface area contributed by atoms with Crippen molar-refractivity contribution in [3.8, 4) is 11.5 Å². The van der Waals surface area contributed by atoms with Gasteiger partial charge in [-0.25, -0.2) is 0 Å². The minimum absolute atomic E-state index is 0.383. The number of aliphatic hydroxyl groups is 1. The van der Waals surface area contributed by atoms with E-state index in [0.717, 1.165) is 12.0 Å². The van der Waals surface area contributed by atoms with Crippen LogP contribution in [-0.2, 0) is 19.3 Å². The first-order valence-corrected chi connectivity index (χ1v) is 7.94. The maximum Gasteiger partial charge on any atom is 0.160 e. The van der Waals surface area contributed by atoms with Crippen LogP contribution in [0.3, 0.4) is 0 Å². The molecule has 0 aliphatic carbocycles. The minimum Gasteiger partial charge on any atom is -0.493 e. The summed E-state index contributed by atoms with van der Waals surface area (Å²) in [6, 6.07) is 10.0. The van der Waals surface area contributed by atoms with E-state index in [1.807, 2.05) is 18.2 Å². The molecule has 0 radical (unpaired) electrons. The molecule has 3 nitrogen and oxygen atoms in total. The molecule has 0 amide bonds. The van der Waals surface area contributed by atoms with E-state index in [2.05, 4.69) is 19.1 Å². The van der Waals surface area contributed by atoms with E-state index in [4.69, 9.17) is 9.47 Å². The molecule has 0 fully saturated rings. The van der Waals surface area contributed by atoms with Crippen molar-refractivity contribution in [1.82, 2.24) is 0 Å². The van der Waals surface area contributed by atoms with Crippen LogP contribution in [0.2, 0.25) is 0 Å². The Kier molecular flexibility index (Phi) is 5.65. The molecule has 1 aromatic carbocycles. The molecule has 0 saturated carbocycles. The van der Waals surface area contributed by atoms with Crippen molar-refractivity contribution < 1.29 is 14.6 Å². The molecule has 0 saturated heterocycles. The number of aliphatic hydroxyl groups excluding tert-OH is 1. The van der Waals surface area contributed by atoms with Crippen molar-refractivity contribution in [1.29, 1.82) is 0 Å². The zero-order chi connectivity index (χ0) is 15.2. The van der Waals surface area contributed by atoms with E-state index in [1.165, 1.54) is 9.75 Å². The van der Waals surface area contributed by atoms with Gasteiger partial charge in [-0.15, -0.1) is 11.3 Å². The predicted molar refractivity (Wildman–Crippen MR) is 86.7 cm³/mol. The van der Waals surface area contributed by atoms with E-state index in [0.29, 0.717) is 24.3 Å². The van der Waals surface area contributed by atoms with Crippen LogP contribution in [0, 0.1) is 0 Å². The average molecular weight is 306 g/mol. The molecule has 0 aliphatic rings. The summed E-state index contributed by atoms with van der Waals surface area (Å²) < 4.78 is 10.5. The maximum absolute atomic E-state index is 10.3. The lowest BCUT2D eigenvalue weighted by molar-refractivity contribution is 0.176. The van der Waals surface area contributed by atoms with Gasteiger partial charge in [0.1, 0.15) is 0 Å². The Morgan fingerprint density at radius 3 is 2.33 bits per heavy atom. The largest absolute Gasteiger partial charge is 0.493 e. The van der Waals surface area contributed by atoms with Gasteiger partial charge in [0.15, 0.2) is 11.5 Å². The molecule has 1 atom stereocenters. The monoisotopic (exact) mass is 306 g/mol. The maximum atomic E-state index is 10.3. The highest BCUT2D eigenvalue weighted by Crippen LogP contribution is 2.28. The van der Waals surface area contributed by atoms with Gasteiger partial charge in [0, 0.05) is 16.2 Å². The molecule has 2 aromatic rings. The molecule has 1 aromatic heterocycles. The standard InChI is InChI=1S/C17H22O3S/c1-4-14-6-7-15(21-14)11-13(18)9-12-5-8-16(19-2)17(10-12)20-3/h5-8,10,13,18H,4,9,11H2,1-3H3. The zero-order valence-electron chi connectivity index (χ0n) is 12.8. The summed E-state index contributed by atoms with van der Waals surface area (Å²) >= 11 is 1.78. The van der Waals surface area contributed by atoms with Crippen molar-refractivity contribution in [2.24, 2.45) is 0 Å². The SMILES string of the molecule is CCc1ccc(CC(O)Cc2ccc(OC)c(OC)c2)s1. The average Bonchev–Trinajstić information content (AvgIpc) is 2.94. The Morgan fingerprint density at radius 1 is 1.00 bits per heavy atom. The fourth-order valence-corrected chi connectivity index (χ4v) is 3.34. The number of hydrogen-bond donors (Lipinski definition) is 1. The normalized spacial score (nSPS) is 12.2. The van der Waals surface area contributed by atoms with E-state index in [9.17, 15) is 5.11 Å². The molecule has 1 heterocycles. The highest BCUT2D eigenvalue weighted by Gasteiger charge is 2.11. The van der Waals surface area contributed by atoms with Crippen molar-refractivity contribution in [3.05, 3.63) is 45.6 Å². The number of hydrogen-bond acceptors (Lipinski definition) is 4. The van der Waals surface area contributed by atoms with E-state index in [-0.39, 0.29) is 6.10 Å². The second-order valence-corrected chi connectivity index (χ2v) is 6.23. The summed E-state index contributed by atoms with van der Waals surface area (Å²) in [5, 5.41) is 10.3. The first kappa shape index (κ1) is 15.9. The quantitative estimate of drug-likeness (QED) is 0.851. The van der Waals surface area contributed by atoms with Crippen LogP contribution in [0.5, 0.6) is 11.5 Å². The molecule has 0 aliphatic heterocycles. The fourth-order valence-electron chi connectivity index (χ4n) is 2.31. The molecule has 1 N–H and O–H groups in total. The van der Waals surface area contributed by atoms with Crippen molar-refractivity contribution in [2.45, 2.75) is 32.3 Å². The van der Waals surface area contributed by atoms with Gasteiger partial charge in [0.05, 0.1) is 20.3 Å². The summed E-state index contributed by atoms with van der Waals surface area (Å²) in [7, 11) is 3.24. The van der Waals surface area contributed by atoms with Crippen LogP contribution in [0.4, 0.5) is 0 Å². The second kappa shape index (κ2) is 7.48. The summed E-state index contributed by atoms with van der Waals surface area (Å²) in [4.78, 5) is 2.60. The third kappa shape index (κ3) is 4.22. The number of ether oxygens (including phenoxy) is 2. The third-order valence-corrected chi connectivity index (χ3v) is 4.67. The molecule has 2 rings (SSSR count). The summed E-state index contributed by atoms with van der Waals surface area (Å²) in [5.41, 5.74) is 1.05. The van der Waals surface area contributed by atoms with Gasteiger partial charge in [-0.05, 0) is 42.7 Å². The van der Waals surface area contributed by atoms with Crippen LogP contribution < -0.4 is 9.47 Å². The number of methoxy groups -OCH3 is 2. The third-order valence-electron chi connectivity index (χ3n) is 3.42. The number of thiophene rings is 1. The Labute approximate surface area is 130 Å². The molecule has 21 heavy (non-hydrogen) atoms. The Balaban J connectivity index is 2.00. The van der Waals surface area contributed by atoms with Gasteiger partial charge in [-0.1, -0.05) is 13.0 Å². The van der Waals surface area contributed by atoms with Gasteiger partial charge < -0.3 is 14.6 Å². The van der Waals surface area contributed by atoms with E-state index in [1.54, 1.807) is 25.6 Å². The minimum atomic E-state index is -0.383. The van der Waals surface area contributed by atoms with Crippen LogP contribution in [0.1, 0.15) is 22.2 Å². The molecular weight excluding hydrogens is 284 g/mol. The Morgan fingerprint density at radius 2 is 1.71 bits per heavy atom. The van der Waals surface area contributed by atoms with Crippen molar-refractivity contribution in [2.75, 3.05) is 14.2 Å². The first-order chi connectivity index (χ1) is 10.2. The second-order valence-electron chi connectivity index (χ2n) is 4.97. The predicted octanol–water partition coefficient (Wildman–Crippen LogP) is 3.47. The lowest BCUT2D eigenvalue weighted by Crippen LogP contribution is -2.13. The van der Waals surface area contributed by atoms with Crippen LogP contribution in [-0.4, -0.2) is 25.4 Å². The van der Waals surface area contributed by atoms with Crippen LogP contribution in [0.15, 0.2) is 30.3 Å². The van der Waals surface area contributed by atoms with E-state index >= 15 is 0 Å². The summed E-state index contributed by atoms with van der Waals surface area (Å²) in [6.07, 6.45) is 1.97. The van der Waals surface area contributed by atoms with Gasteiger partial charge in [0.25, 0.3) is 0 Å². The molecule has 4 heteroatoms. The Bertz CT molecular complexity index is 577. The molecule has 0 spiro atoms. The molecule has 0 bridgehead atoms. The van der Waals surface area contributed by atoms with Crippen LogP contribution >= 0.6 is 11.3 Å². The van der Waals surface area contributed by atoms with Crippen molar-refractivity contribution >= 4 is 11.3 Å². The fraction of sp³-hybridized carbons (Fsp3) is 0.412. The van der Waals surface area contributed by atoms with Gasteiger partial charge in [-0.2, -0.15) is 0 Å². The van der Waals surface area contributed by atoms with Gasteiger partial charge in [-0.3, -0.25) is 0 Å². The zero-order valence-corrected chi connectivity index (χ0v) is 13.6. The molecular formula is C17H22O3S. The lowest BCUT2D eigenvalue weighted by Gasteiger charge is -2.12. The van der Waals surface area contributed by atoms with Gasteiger partial charge >= 0.3 is 0 Å². The van der Waals surface area contributed by atoms with E-state index < -0.39 is 0 Å². The van der Waals surface area contributed by atoms with Crippen molar-refractivity contribution in [3.63, 3.8) is 0 Å². The molecule has 1 unspecified atom stereocenters. The highest BCUT2D eigenvalue weighted by atomic mass is 32.1. The topological polar surface area (TPSA) is 38.7 Å². The number of benzene rings is 1. The number of rotatable bonds is 7. The summed E-state index contributed by atoms with van der Waals surface area (Å²) in [6.45, 7) is 2.15. The highest BCUT2D eigenvalue weighted by molar-refractivity contribution is 7.11. The lowest BCUT2D eigenvalue weighted by atomic mass is 10.0. The smallest absolute Gasteiger partial charge is 0.160 e. The summed E-state index contributed by atoms with van der Waals surface area (Å²) in [5.74, 6) is 1.41. The number of aryl methyl sites for hydroxylation is 1. The molecule has 114 valence electrons. The first-order valence-electron chi connectivity index (χ1n) is 7.12. The van der Waals surface area contributed by atoms with Gasteiger partial charge in [0.2, 0.25) is 0 Å².